The molecule has 14 heteroatoms. The molecule has 0 spiro atoms. The molecule has 0 aliphatic carbocycles. The minimum Gasteiger partial charge on any atom is -0.489 e. The average Bonchev–Trinajstić information content (AvgIpc) is 3.73. The van der Waals surface area contributed by atoms with Gasteiger partial charge in [-0.05, 0) is 50.7 Å². The SMILES string of the molecule is CN(C)CCNC(=O)[C@@H]1CCC(=O)N(C)CC(=O)N2C[C@@H](NC(=O)Cc3c[nH]c4ccccc34)C[C@H]2COc2cccc3ccc(nc23)C(=O)N1C. The van der Waals surface area contributed by atoms with E-state index in [2.05, 4.69) is 20.6 Å². The molecule has 4 heterocycles. The summed E-state index contributed by atoms with van der Waals surface area (Å²) >= 11 is 0. The number of carbonyl (C=O) groups excluding carboxylic acids is 5. The summed E-state index contributed by atoms with van der Waals surface area (Å²) in [6.45, 7) is 1.12. The first-order valence-corrected chi connectivity index (χ1v) is 17.6. The molecule has 1 fully saturated rings. The molecule has 2 aromatic carbocycles. The first-order valence-electron chi connectivity index (χ1n) is 17.6. The molecule has 2 aromatic heterocycles. The van der Waals surface area contributed by atoms with Crippen LogP contribution in [0.3, 0.4) is 0 Å². The van der Waals surface area contributed by atoms with Gasteiger partial charge in [0.1, 0.15) is 29.6 Å². The average molecular weight is 711 g/mol. The number of carbonyl (C=O) groups is 5. The molecule has 3 N–H and O–H groups in total. The summed E-state index contributed by atoms with van der Waals surface area (Å²) in [4.78, 5) is 81.9. The molecule has 2 bridgehead atoms. The predicted octanol–water partition coefficient (Wildman–Crippen LogP) is 1.79. The lowest BCUT2D eigenvalue weighted by Crippen LogP contribution is -2.49. The third kappa shape index (κ3) is 8.17. The zero-order valence-corrected chi connectivity index (χ0v) is 30.1. The minimum atomic E-state index is -0.959. The van der Waals surface area contributed by atoms with Crippen molar-refractivity contribution in [3.8, 4) is 5.75 Å². The lowest BCUT2D eigenvalue weighted by atomic mass is 10.1. The number of aromatic amines is 1. The number of H-pyrrole nitrogens is 1. The molecule has 1 saturated heterocycles. The molecule has 14 nitrogen and oxygen atoms in total. The third-order valence-electron chi connectivity index (χ3n) is 9.84. The predicted molar refractivity (Wildman–Crippen MR) is 196 cm³/mol. The second kappa shape index (κ2) is 15.8. The third-order valence-corrected chi connectivity index (χ3v) is 9.84. The van der Waals surface area contributed by atoms with Crippen molar-refractivity contribution in [1.82, 2.24) is 40.2 Å². The molecule has 2 aliphatic heterocycles. The summed E-state index contributed by atoms with van der Waals surface area (Å²) in [7, 11) is 6.86. The van der Waals surface area contributed by atoms with Gasteiger partial charge in [0, 0.05) is 68.7 Å². The summed E-state index contributed by atoms with van der Waals surface area (Å²) in [5.41, 5.74) is 2.43. The van der Waals surface area contributed by atoms with E-state index in [1.165, 1.54) is 16.8 Å². The molecule has 5 amide bonds. The first-order chi connectivity index (χ1) is 25.0. The maximum absolute atomic E-state index is 13.8. The van der Waals surface area contributed by atoms with Crippen LogP contribution in [0.25, 0.3) is 21.8 Å². The number of likely N-dealkylation sites (N-methyl/N-ethyl adjacent to an activating group) is 3. The van der Waals surface area contributed by atoms with Crippen molar-refractivity contribution >= 4 is 51.3 Å². The number of aromatic nitrogens is 2. The molecular formula is C38H46N8O6. The largest absolute Gasteiger partial charge is 0.489 e. The lowest BCUT2D eigenvalue weighted by molar-refractivity contribution is -0.140. The van der Waals surface area contributed by atoms with E-state index < -0.39 is 18.0 Å². The number of benzene rings is 2. The molecule has 52 heavy (non-hydrogen) atoms. The molecule has 0 saturated carbocycles. The quantitative estimate of drug-likeness (QED) is 0.262. The molecule has 274 valence electrons. The van der Waals surface area contributed by atoms with Crippen LogP contribution in [0, 0.1) is 0 Å². The van der Waals surface area contributed by atoms with Crippen LogP contribution in [-0.4, -0.2) is 138 Å². The van der Waals surface area contributed by atoms with Gasteiger partial charge in [0.15, 0.2) is 0 Å². The number of nitrogens with one attached hydrogen (secondary N) is 3. The molecule has 4 aromatic rings. The summed E-state index contributed by atoms with van der Waals surface area (Å²) in [5, 5.41) is 7.73. The molecule has 2 aliphatic rings. The van der Waals surface area contributed by atoms with Crippen molar-refractivity contribution in [1.29, 1.82) is 0 Å². The number of amides is 5. The van der Waals surface area contributed by atoms with Crippen LogP contribution in [0.4, 0.5) is 0 Å². The van der Waals surface area contributed by atoms with Crippen molar-refractivity contribution in [3.05, 3.63) is 72.1 Å². The molecule has 6 rings (SSSR count). The number of ether oxygens (including phenoxy) is 1. The number of fused-ring (bicyclic) bond motifs is 3. The van der Waals surface area contributed by atoms with Gasteiger partial charge in [-0.1, -0.05) is 36.4 Å². The maximum atomic E-state index is 13.8. The molecule has 0 unspecified atom stereocenters. The standard InChI is InChI=1S/C38H46N8O6/c1-43(2)17-16-39-37(50)31-14-15-34(48)44(3)22-35(49)46-21-26(41-33(47)18-25-20-40-29-10-6-5-9-28(25)29)19-27(46)23-52-32-11-7-8-24-12-13-30(42-36(24)32)38(51)45(31)4/h5-13,20,26-27,31,40H,14-19,21-23H2,1-4H3,(H,39,50)(H,41,47)/t26-,27-,31-/m0/s1. The van der Waals surface area contributed by atoms with Gasteiger partial charge in [0.25, 0.3) is 5.91 Å². The Hall–Kier alpha value is -5.50. The van der Waals surface area contributed by atoms with E-state index >= 15 is 0 Å². The molecular weight excluding hydrogens is 664 g/mol. The van der Waals surface area contributed by atoms with Crippen LogP contribution in [0.1, 0.15) is 35.3 Å². The number of pyridine rings is 1. The highest BCUT2D eigenvalue weighted by Gasteiger charge is 2.38. The first kappa shape index (κ1) is 36.3. The van der Waals surface area contributed by atoms with Crippen molar-refractivity contribution in [2.45, 2.75) is 43.8 Å². The summed E-state index contributed by atoms with van der Waals surface area (Å²) in [6, 6.07) is 14.9. The van der Waals surface area contributed by atoms with Crippen LogP contribution in [0.2, 0.25) is 0 Å². The van der Waals surface area contributed by atoms with E-state index in [1.807, 2.05) is 61.6 Å². The highest BCUT2D eigenvalue weighted by molar-refractivity contribution is 5.98. The van der Waals surface area contributed by atoms with Gasteiger partial charge in [-0.15, -0.1) is 0 Å². The summed E-state index contributed by atoms with van der Waals surface area (Å²) in [5.74, 6) is -1.21. The van der Waals surface area contributed by atoms with Crippen LogP contribution >= 0.6 is 0 Å². The fourth-order valence-corrected chi connectivity index (χ4v) is 6.93. The Morgan fingerprint density at radius 3 is 2.63 bits per heavy atom. The zero-order chi connectivity index (χ0) is 36.9. The van der Waals surface area contributed by atoms with Crippen LogP contribution in [0.15, 0.2) is 60.8 Å². The van der Waals surface area contributed by atoms with E-state index in [9.17, 15) is 24.0 Å². The fraction of sp³-hybridized carbons (Fsp3) is 0.421. The van der Waals surface area contributed by atoms with Gasteiger partial charge in [-0.3, -0.25) is 24.0 Å². The van der Waals surface area contributed by atoms with Crippen LogP contribution in [0.5, 0.6) is 5.75 Å². The Kier molecular flexibility index (Phi) is 11.0. The second-order valence-corrected chi connectivity index (χ2v) is 13.9. The Morgan fingerprint density at radius 1 is 1.02 bits per heavy atom. The molecule has 3 atom stereocenters. The Morgan fingerprint density at radius 2 is 1.83 bits per heavy atom. The van der Waals surface area contributed by atoms with E-state index in [0.29, 0.717) is 30.8 Å². The smallest absolute Gasteiger partial charge is 0.272 e. The van der Waals surface area contributed by atoms with Crippen molar-refractivity contribution < 1.29 is 28.7 Å². The lowest BCUT2D eigenvalue weighted by Gasteiger charge is -2.29. The maximum Gasteiger partial charge on any atom is 0.272 e. The Balaban J connectivity index is 1.25. The zero-order valence-electron chi connectivity index (χ0n) is 30.1. The number of nitrogens with zero attached hydrogens (tertiary/aromatic N) is 5. The fourth-order valence-electron chi connectivity index (χ4n) is 6.93. The van der Waals surface area contributed by atoms with Gasteiger partial charge < -0.3 is 40.0 Å². The summed E-state index contributed by atoms with van der Waals surface area (Å²) < 4.78 is 6.33. The van der Waals surface area contributed by atoms with Gasteiger partial charge in [0.05, 0.1) is 19.0 Å². The van der Waals surface area contributed by atoms with Crippen LogP contribution < -0.4 is 15.4 Å². The van der Waals surface area contributed by atoms with E-state index in [1.54, 1.807) is 30.1 Å². The Bertz CT molecular complexity index is 1980. The molecule has 0 radical (unpaired) electrons. The number of hydrogen-bond acceptors (Lipinski definition) is 8. The minimum absolute atomic E-state index is 0.0478. The van der Waals surface area contributed by atoms with Crippen LogP contribution in [-0.2, 0) is 25.6 Å². The monoisotopic (exact) mass is 710 g/mol. The van der Waals surface area contributed by atoms with Crippen molar-refractivity contribution in [3.63, 3.8) is 0 Å². The van der Waals surface area contributed by atoms with E-state index in [4.69, 9.17) is 4.74 Å². The number of para-hydroxylation sites is 2. The van der Waals surface area contributed by atoms with Gasteiger partial charge in [-0.2, -0.15) is 0 Å². The van der Waals surface area contributed by atoms with Gasteiger partial charge in [0.2, 0.25) is 23.6 Å². The summed E-state index contributed by atoms with van der Waals surface area (Å²) in [6.07, 6.45) is 2.44. The highest BCUT2D eigenvalue weighted by atomic mass is 16.5. The van der Waals surface area contributed by atoms with Gasteiger partial charge in [-0.25, -0.2) is 4.98 Å². The van der Waals surface area contributed by atoms with Crippen molar-refractivity contribution in [2.24, 2.45) is 0 Å². The second-order valence-electron chi connectivity index (χ2n) is 13.9. The number of hydrogen-bond donors (Lipinski definition) is 3. The van der Waals surface area contributed by atoms with E-state index in [-0.39, 0.29) is 74.3 Å². The number of rotatable bonds is 7. The highest BCUT2D eigenvalue weighted by Crippen LogP contribution is 2.27. The Labute approximate surface area is 302 Å². The topological polar surface area (TPSA) is 160 Å². The van der Waals surface area contributed by atoms with E-state index in [0.717, 1.165) is 21.9 Å². The normalized spacial score (nSPS) is 20.4. The van der Waals surface area contributed by atoms with Crippen molar-refractivity contribution in [2.75, 3.05) is 61.0 Å². The van der Waals surface area contributed by atoms with Gasteiger partial charge >= 0.3 is 0 Å².